The Morgan fingerprint density at radius 1 is 0.267 bits per heavy atom. The van der Waals surface area contributed by atoms with Gasteiger partial charge in [-0.05, 0) is 198 Å². The van der Waals surface area contributed by atoms with Crippen LogP contribution < -0.4 is 62.9 Å². The molecule has 0 bridgehead atoms. The largest absolute Gasteiger partial charge is 0.369 e. The number of rotatable bonds is 10. The van der Waals surface area contributed by atoms with E-state index in [-0.39, 0.29) is 27.8 Å². The SMILES string of the molecule is Cc1cn2cc(-c3cc(=O)n4cc(N5CCCN(C)CC5)ccc4n3)cc(Cl)c2n1.Cc1cn2cc(-c3cc(=O)n4cc(N5CCN6CCC[C@@H]6C5)ccc4n3)cc(Cl)c2n1.Cc1cn2cc(-c3cc(=O)n4cc(N5CCN6CCC[C@H]6C5)ccc4n3)cc(Cl)c2n1.Cc1cn2cc(-c3cc(=O)n4cc(N5CCN[C@@H](C)C5)ccc4n3)cc(Cl)c2n1.Cc1cn2cc(-c3cc(=O)n4cc(N5CCN[C@H](C)C5)ccc4n3)cc(Cl)c2n1. The summed E-state index contributed by atoms with van der Waals surface area (Å²) in [6.07, 6.45) is 34.8. The van der Waals surface area contributed by atoms with Gasteiger partial charge in [-0.3, -0.25) is 55.8 Å². The fourth-order valence-electron chi connectivity index (χ4n) is 21.8. The van der Waals surface area contributed by atoms with Crippen LogP contribution in [0.5, 0.6) is 0 Å². The van der Waals surface area contributed by atoms with Crippen LogP contribution in [0.15, 0.2) is 238 Å². The Labute approximate surface area is 886 Å². The highest BCUT2D eigenvalue weighted by Crippen LogP contribution is 2.36. The van der Waals surface area contributed by atoms with Gasteiger partial charge in [0.15, 0.2) is 28.2 Å². The lowest BCUT2D eigenvalue weighted by molar-refractivity contribution is 0.231. The Morgan fingerprint density at radius 2 is 0.527 bits per heavy atom. The number of nitrogens with one attached hydrogen (secondary N) is 2. The summed E-state index contributed by atoms with van der Waals surface area (Å²) < 4.78 is 17.5. The van der Waals surface area contributed by atoms with Gasteiger partial charge < -0.3 is 62.0 Å². The second-order valence-electron chi connectivity index (χ2n) is 40.2. The molecule has 0 saturated carbocycles. The number of nitrogens with zero attached hydrogens (tertiary/aromatic N) is 28. The van der Waals surface area contributed by atoms with Crippen molar-refractivity contribution < 1.29 is 0 Å². The zero-order valence-corrected chi connectivity index (χ0v) is 88.0. The maximum atomic E-state index is 13.0. The molecule has 0 aromatic carbocycles. The number of pyridine rings is 10. The van der Waals surface area contributed by atoms with E-state index < -0.39 is 0 Å². The number of hydrogen-bond acceptors (Lipinski definition) is 25. The normalized spacial score (nSPS) is 17.9. The Morgan fingerprint density at radius 3 is 0.800 bits per heavy atom. The maximum absolute atomic E-state index is 13.0. The third-order valence-electron chi connectivity index (χ3n) is 29.3. The van der Waals surface area contributed by atoms with Gasteiger partial charge in [-0.1, -0.05) is 58.0 Å². The molecule has 0 unspecified atom stereocenters. The predicted octanol–water partition coefficient (Wildman–Crippen LogP) is 15.2. The average Bonchev–Trinajstić information content (AvgIpc) is 1.51. The molecule has 7 aliphatic rings. The van der Waals surface area contributed by atoms with Crippen molar-refractivity contribution in [3.63, 3.8) is 0 Å². The first-order valence-electron chi connectivity index (χ1n) is 50.9. The van der Waals surface area contributed by atoms with E-state index in [4.69, 9.17) is 82.9 Å². The number of piperazine rings is 4. The molecule has 0 aliphatic carbocycles. The number of likely N-dealkylation sites (N-methyl/N-ethyl adjacent to an activating group) is 1. The molecular weight excluding hydrogens is 2000 g/mol. The van der Waals surface area contributed by atoms with E-state index in [0.717, 1.165) is 196 Å². The summed E-state index contributed by atoms with van der Waals surface area (Å²) in [5, 5.41) is 9.53. The molecule has 0 spiro atoms. The molecular formula is C110H111Cl5N30O5. The molecule has 40 heteroatoms. The Kier molecular flexibility index (Phi) is 27.1. The molecule has 20 aromatic heterocycles. The zero-order chi connectivity index (χ0) is 103. The summed E-state index contributed by atoms with van der Waals surface area (Å²) >= 11 is 32.1. The number of aryl methyl sites for hydroxylation is 5. The van der Waals surface area contributed by atoms with E-state index in [1.165, 1.54) is 38.8 Å². The number of halogens is 5. The first-order valence-corrected chi connectivity index (χ1v) is 52.7. The first-order chi connectivity index (χ1) is 72.5. The molecule has 7 fully saturated rings. The summed E-state index contributed by atoms with van der Waals surface area (Å²) in [7, 11) is 2.15. The molecule has 766 valence electrons. The first kappa shape index (κ1) is 98.8. The van der Waals surface area contributed by atoms with Crippen molar-refractivity contribution in [3.05, 3.63) is 320 Å². The Bertz CT molecular complexity index is 8620. The van der Waals surface area contributed by atoms with Crippen molar-refractivity contribution in [2.75, 3.05) is 149 Å². The molecule has 0 radical (unpaired) electrons. The van der Waals surface area contributed by atoms with Gasteiger partial charge >= 0.3 is 0 Å². The minimum absolute atomic E-state index is 0.0978. The molecule has 150 heavy (non-hydrogen) atoms. The van der Waals surface area contributed by atoms with Gasteiger partial charge in [-0.2, -0.15) is 0 Å². The van der Waals surface area contributed by atoms with Crippen LogP contribution in [0.1, 0.15) is 74.4 Å². The van der Waals surface area contributed by atoms with Crippen LogP contribution in [0.2, 0.25) is 25.1 Å². The van der Waals surface area contributed by atoms with E-state index in [0.29, 0.717) is 134 Å². The van der Waals surface area contributed by atoms with Crippen LogP contribution in [-0.4, -0.2) is 258 Å². The van der Waals surface area contributed by atoms with E-state index in [2.05, 4.69) is 108 Å². The van der Waals surface area contributed by atoms with E-state index in [9.17, 15) is 24.0 Å². The topological polar surface area (TPSA) is 308 Å². The summed E-state index contributed by atoms with van der Waals surface area (Å²) in [5.74, 6) is 0. The second-order valence-corrected chi connectivity index (χ2v) is 42.3. The van der Waals surface area contributed by atoms with Crippen molar-refractivity contribution >= 4 is 143 Å². The minimum Gasteiger partial charge on any atom is -0.369 e. The molecule has 27 rings (SSSR count). The molecule has 7 aliphatic heterocycles. The number of imidazole rings is 5. The highest BCUT2D eigenvalue weighted by atomic mass is 35.5. The van der Waals surface area contributed by atoms with Crippen molar-refractivity contribution in [2.45, 2.75) is 105 Å². The minimum atomic E-state index is -0.118. The van der Waals surface area contributed by atoms with Crippen molar-refractivity contribution in [3.8, 4) is 56.3 Å². The van der Waals surface area contributed by atoms with Gasteiger partial charge in [-0.15, -0.1) is 0 Å². The van der Waals surface area contributed by atoms with Crippen molar-refractivity contribution in [2.24, 2.45) is 0 Å². The van der Waals surface area contributed by atoms with Gasteiger partial charge in [0, 0.05) is 273 Å². The quantitative estimate of drug-likeness (QED) is 0.128. The van der Waals surface area contributed by atoms with Crippen LogP contribution in [-0.2, 0) is 0 Å². The Balaban J connectivity index is 0.000000103. The lowest BCUT2D eigenvalue weighted by Crippen LogP contribution is -2.50. The van der Waals surface area contributed by atoms with Gasteiger partial charge in [0.2, 0.25) is 0 Å². The van der Waals surface area contributed by atoms with Gasteiger partial charge in [0.05, 0.1) is 110 Å². The highest BCUT2D eigenvalue weighted by Gasteiger charge is 2.34. The standard InChI is InChI=1S/2C23H23ClN6O.C22H23ClN6O.2C21H21ClN6O/c2*1-15-11-29-12-16(9-19(24)23(29)25-15)20-10-22(31)30-14-18(4-5-21(30)26-20)28-8-7-27-6-2-3-17(27)13-28;1-15-12-28-13-16(10-18(23)22(28)24-15)19-11-21(30)29-14-17(4-5-20(29)25-19)27-7-3-6-26(2)8-9-27;2*1-13-9-26(6-5-23-13)16-3-4-19-25-18(8-20(29)28(19)12-16)15-7-17(22)21-24-14(2)10-27(21)11-15/h2*4-5,9-12,14,17H,2-3,6-8,13H2,1H3;4-5,10-14H,3,6-9H2,1-2H3;2*3-4,7-8,10-13,23H,5-6,9H2,1-2H3/t2*17-;;2*13-/m10.10/s1. The smallest absolute Gasteiger partial charge is 0.258 e. The molecule has 20 aromatic rings. The van der Waals surface area contributed by atoms with E-state index in [1.54, 1.807) is 64.5 Å². The third-order valence-corrected chi connectivity index (χ3v) is 30.7. The maximum Gasteiger partial charge on any atom is 0.258 e. The molecule has 2 N–H and O–H groups in total. The summed E-state index contributed by atoms with van der Waals surface area (Å²) in [5.41, 5.74) is 22.6. The van der Waals surface area contributed by atoms with Gasteiger partial charge in [-0.25, -0.2) is 49.8 Å². The van der Waals surface area contributed by atoms with E-state index >= 15 is 0 Å². The summed E-state index contributed by atoms with van der Waals surface area (Å²) in [6.45, 7) is 32.1. The average molecular weight is 2110 g/mol. The summed E-state index contributed by atoms with van der Waals surface area (Å²) in [4.78, 5) is 130. The second kappa shape index (κ2) is 41.1. The number of fused-ring (bicyclic) bond motifs is 12. The lowest BCUT2D eigenvalue weighted by Gasteiger charge is -2.38. The van der Waals surface area contributed by atoms with Crippen molar-refractivity contribution in [1.29, 1.82) is 0 Å². The van der Waals surface area contributed by atoms with Crippen LogP contribution in [0.4, 0.5) is 28.4 Å². The molecule has 27 heterocycles. The van der Waals surface area contributed by atoms with Crippen LogP contribution in [0.3, 0.4) is 0 Å². The number of aromatic nitrogens is 20. The fourth-order valence-corrected chi connectivity index (χ4v) is 23.1. The highest BCUT2D eigenvalue weighted by molar-refractivity contribution is 6.35. The number of hydrogen-bond donors (Lipinski definition) is 2. The molecule has 4 atom stereocenters. The van der Waals surface area contributed by atoms with Gasteiger partial charge in [0.25, 0.3) is 27.8 Å². The van der Waals surface area contributed by atoms with Crippen LogP contribution in [0, 0.1) is 34.6 Å². The monoisotopic (exact) mass is 2110 g/mol. The zero-order valence-electron chi connectivity index (χ0n) is 84.2. The predicted molar refractivity (Wildman–Crippen MR) is 594 cm³/mol. The molecule has 0 amide bonds. The number of anilines is 5. The summed E-state index contributed by atoms with van der Waals surface area (Å²) in [6, 6.07) is 38.8. The van der Waals surface area contributed by atoms with E-state index in [1.807, 2.05) is 216 Å². The van der Waals surface area contributed by atoms with Crippen LogP contribution >= 0.6 is 58.0 Å². The third kappa shape index (κ3) is 20.3. The van der Waals surface area contributed by atoms with Gasteiger partial charge in [0.1, 0.15) is 28.2 Å². The molecule has 35 nitrogen and oxygen atoms in total. The fraction of sp³-hybridized carbons (Fsp3) is 0.318. The van der Waals surface area contributed by atoms with Crippen molar-refractivity contribution in [1.82, 2.24) is 119 Å². The Hall–Kier alpha value is -14.5. The van der Waals surface area contributed by atoms with Crippen LogP contribution in [0.25, 0.3) is 113 Å². The molecule has 7 saturated heterocycles. The lowest BCUT2D eigenvalue weighted by atomic mass is 10.1.